The van der Waals surface area contributed by atoms with E-state index in [0.29, 0.717) is 29.8 Å². The van der Waals surface area contributed by atoms with Crippen molar-refractivity contribution in [3.05, 3.63) is 41.6 Å². The number of hydrogen-bond donors (Lipinski definition) is 1. The van der Waals surface area contributed by atoms with Gasteiger partial charge in [-0.25, -0.2) is 4.79 Å². The van der Waals surface area contributed by atoms with E-state index >= 15 is 0 Å². The van der Waals surface area contributed by atoms with Crippen molar-refractivity contribution < 1.29 is 18.7 Å². The van der Waals surface area contributed by atoms with Gasteiger partial charge < -0.3 is 18.8 Å². The van der Waals surface area contributed by atoms with Gasteiger partial charge in [0.05, 0.1) is 10.9 Å². The van der Waals surface area contributed by atoms with Crippen molar-refractivity contribution in [3.63, 3.8) is 0 Å². The summed E-state index contributed by atoms with van der Waals surface area (Å²) in [6, 6.07) is 9.24. The lowest BCUT2D eigenvalue weighted by Gasteiger charge is -2.30. The molecular formula is C19H18N4O4S. The van der Waals surface area contributed by atoms with Crippen LogP contribution in [0.1, 0.15) is 24.7 Å². The van der Waals surface area contributed by atoms with Crippen LogP contribution in [0.3, 0.4) is 0 Å². The van der Waals surface area contributed by atoms with Crippen molar-refractivity contribution in [1.82, 2.24) is 15.1 Å². The molecule has 2 aromatic heterocycles. The molecule has 2 aliphatic heterocycles. The summed E-state index contributed by atoms with van der Waals surface area (Å²) in [5.74, 6) is 2.40. The summed E-state index contributed by atoms with van der Waals surface area (Å²) in [6.45, 7) is 1.50. The number of nitrogens with one attached hydrogen (secondary N) is 1. The van der Waals surface area contributed by atoms with Crippen molar-refractivity contribution in [2.24, 2.45) is 0 Å². The summed E-state index contributed by atoms with van der Waals surface area (Å²) in [4.78, 5) is 14.3. The second-order valence-electron chi connectivity index (χ2n) is 6.71. The van der Waals surface area contributed by atoms with E-state index in [2.05, 4.69) is 15.5 Å². The Morgan fingerprint density at radius 1 is 1.21 bits per heavy atom. The van der Waals surface area contributed by atoms with Crippen molar-refractivity contribution in [2.75, 3.05) is 25.2 Å². The summed E-state index contributed by atoms with van der Waals surface area (Å²) >= 11 is 1.50. The Labute approximate surface area is 165 Å². The lowest BCUT2D eigenvalue weighted by molar-refractivity contribution is 0.174. The molecule has 0 spiro atoms. The van der Waals surface area contributed by atoms with Crippen molar-refractivity contribution in [2.45, 2.75) is 18.8 Å². The zero-order valence-electron chi connectivity index (χ0n) is 15.0. The zero-order chi connectivity index (χ0) is 18.9. The lowest BCUT2D eigenvalue weighted by atomic mass is 9.98. The van der Waals surface area contributed by atoms with E-state index < -0.39 is 0 Å². The summed E-state index contributed by atoms with van der Waals surface area (Å²) in [5.41, 5.74) is 0.783. The molecule has 5 rings (SSSR count). The van der Waals surface area contributed by atoms with Crippen molar-refractivity contribution >= 4 is 22.4 Å². The molecule has 0 saturated carbocycles. The first-order chi connectivity index (χ1) is 13.8. The summed E-state index contributed by atoms with van der Waals surface area (Å²) in [6.07, 6.45) is 1.80. The number of urea groups is 1. The normalized spacial score (nSPS) is 18.3. The Balaban J connectivity index is 1.29. The number of ether oxygens (including phenoxy) is 2. The van der Waals surface area contributed by atoms with E-state index in [4.69, 9.17) is 13.9 Å². The molecule has 9 heteroatoms. The van der Waals surface area contributed by atoms with Crippen LogP contribution in [0.25, 0.3) is 11.5 Å². The van der Waals surface area contributed by atoms with Crippen LogP contribution in [0.2, 0.25) is 0 Å². The van der Waals surface area contributed by atoms with Gasteiger partial charge in [-0.2, -0.15) is 0 Å². The minimum absolute atomic E-state index is 0.0260. The van der Waals surface area contributed by atoms with Gasteiger partial charge in [0.25, 0.3) is 0 Å². The molecule has 0 aliphatic carbocycles. The SMILES string of the molecule is O=C(Nc1cccs1)N1CCCC(c2nnc(-c3ccc4c(c3)OCO4)o2)C1. The molecule has 1 N–H and O–H groups in total. The van der Waals surface area contributed by atoms with Crippen LogP contribution in [0, 0.1) is 0 Å². The minimum Gasteiger partial charge on any atom is -0.454 e. The number of anilines is 1. The molecule has 0 bridgehead atoms. The van der Waals surface area contributed by atoms with Gasteiger partial charge in [0.1, 0.15) is 0 Å². The number of carbonyl (C=O) groups excluding carboxylic acids is 1. The Hall–Kier alpha value is -3.07. The molecule has 0 radical (unpaired) electrons. The molecule has 8 nitrogen and oxygen atoms in total. The number of piperidine rings is 1. The number of likely N-dealkylation sites (tertiary alicyclic amines) is 1. The molecule has 1 saturated heterocycles. The Bertz CT molecular complexity index is 988. The average Bonchev–Trinajstić information content (AvgIpc) is 3.48. The number of carbonyl (C=O) groups is 1. The number of thiophene rings is 1. The fourth-order valence-corrected chi connectivity index (χ4v) is 4.05. The van der Waals surface area contributed by atoms with Crippen LogP contribution in [0.4, 0.5) is 9.80 Å². The van der Waals surface area contributed by atoms with E-state index in [1.165, 1.54) is 11.3 Å². The summed E-state index contributed by atoms with van der Waals surface area (Å²) in [5, 5.41) is 14.1. The first-order valence-electron chi connectivity index (χ1n) is 9.09. The number of aromatic nitrogens is 2. The van der Waals surface area contributed by atoms with Gasteiger partial charge >= 0.3 is 6.03 Å². The highest BCUT2D eigenvalue weighted by Gasteiger charge is 2.29. The number of fused-ring (bicyclic) bond motifs is 1. The maximum atomic E-state index is 12.5. The average molecular weight is 398 g/mol. The van der Waals surface area contributed by atoms with Crippen molar-refractivity contribution in [3.8, 4) is 23.0 Å². The van der Waals surface area contributed by atoms with Crippen LogP contribution in [-0.4, -0.2) is 41.0 Å². The molecule has 2 amide bonds. The summed E-state index contributed by atoms with van der Waals surface area (Å²) in [7, 11) is 0. The Morgan fingerprint density at radius 3 is 3.04 bits per heavy atom. The van der Waals surface area contributed by atoms with Crippen LogP contribution >= 0.6 is 11.3 Å². The highest BCUT2D eigenvalue weighted by Crippen LogP contribution is 2.36. The topological polar surface area (TPSA) is 89.7 Å². The molecule has 4 heterocycles. The van der Waals surface area contributed by atoms with E-state index in [0.717, 1.165) is 30.0 Å². The Morgan fingerprint density at radius 2 is 2.14 bits per heavy atom. The van der Waals surface area contributed by atoms with Gasteiger partial charge in [-0.1, -0.05) is 0 Å². The summed E-state index contributed by atoms with van der Waals surface area (Å²) < 4.78 is 16.7. The van der Waals surface area contributed by atoms with E-state index in [-0.39, 0.29) is 18.7 Å². The minimum atomic E-state index is -0.0948. The number of hydrogen-bond acceptors (Lipinski definition) is 7. The molecular weight excluding hydrogens is 380 g/mol. The third-order valence-corrected chi connectivity index (χ3v) is 5.65. The van der Waals surface area contributed by atoms with Gasteiger partial charge in [-0.3, -0.25) is 5.32 Å². The van der Waals surface area contributed by atoms with Gasteiger partial charge in [0, 0.05) is 18.7 Å². The largest absolute Gasteiger partial charge is 0.454 e. The third-order valence-electron chi connectivity index (χ3n) is 4.87. The quantitative estimate of drug-likeness (QED) is 0.719. The number of benzene rings is 1. The molecule has 1 atom stereocenters. The monoisotopic (exact) mass is 398 g/mol. The first-order valence-corrected chi connectivity index (χ1v) is 9.97. The molecule has 2 aliphatic rings. The predicted molar refractivity (Wildman–Crippen MR) is 103 cm³/mol. The van der Waals surface area contributed by atoms with E-state index in [1.54, 1.807) is 4.90 Å². The van der Waals surface area contributed by atoms with E-state index in [1.807, 2.05) is 35.7 Å². The fraction of sp³-hybridized carbons (Fsp3) is 0.316. The van der Waals surface area contributed by atoms with Gasteiger partial charge in [-0.05, 0) is 48.6 Å². The molecule has 3 aromatic rings. The van der Waals surface area contributed by atoms with Crippen molar-refractivity contribution in [1.29, 1.82) is 0 Å². The van der Waals surface area contributed by atoms with Crippen LogP contribution in [0.5, 0.6) is 11.5 Å². The number of nitrogens with zero attached hydrogens (tertiary/aromatic N) is 3. The smallest absolute Gasteiger partial charge is 0.322 e. The fourth-order valence-electron chi connectivity index (χ4n) is 3.44. The molecule has 28 heavy (non-hydrogen) atoms. The molecule has 1 aromatic carbocycles. The van der Waals surface area contributed by atoms with E-state index in [9.17, 15) is 4.79 Å². The van der Waals surface area contributed by atoms with Gasteiger partial charge in [0.2, 0.25) is 18.6 Å². The molecule has 1 fully saturated rings. The van der Waals surface area contributed by atoms with Gasteiger partial charge in [0.15, 0.2) is 11.5 Å². The molecule has 1 unspecified atom stereocenters. The lowest BCUT2D eigenvalue weighted by Crippen LogP contribution is -2.41. The Kier molecular flexibility index (Phi) is 4.36. The zero-order valence-corrected chi connectivity index (χ0v) is 15.8. The number of amides is 2. The maximum Gasteiger partial charge on any atom is 0.322 e. The maximum absolute atomic E-state index is 12.5. The highest BCUT2D eigenvalue weighted by molar-refractivity contribution is 7.14. The highest BCUT2D eigenvalue weighted by atomic mass is 32.1. The van der Waals surface area contributed by atoms with Crippen LogP contribution < -0.4 is 14.8 Å². The second kappa shape index (κ2) is 7.16. The first kappa shape index (κ1) is 17.1. The third kappa shape index (κ3) is 3.29. The van der Waals surface area contributed by atoms with Gasteiger partial charge in [-0.15, -0.1) is 21.5 Å². The second-order valence-corrected chi connectivity index (χ2v) is 7.65. The van der Waals surface area contributed by atoms with Crippen LogP contribution in [-0.2, 0) is 0 Å². The standard InChI is InChI=1S/C19H18N4O4S/c24-19(20-16-4-2-8-28-16)23-7-1-3-13(10-23)18-22-21-17(27-18)12-5-6-14-15(9-12)26-11-25-14/h2,4-6,8-9,13H,1,3,7,10-11H2,(H,20,24). The van der Waals surface area contributed by atoms with Crippen LogP contribution in [0.15, 0.2) is 40.1 Å². The molecule has 144 valence electrons. The predicted octanol–water partition coefficient (Wildman–Crippen LogP) is 3.94. The number of rotatable bonds is 3.